The minimum atomic E-state index is 0.624. The first-order valence-corrected chi connectivity index (χ1v) is 6.26. The number of benzene rings is 1. The third-order valence-corrected chi connectivity index (χ3v) is 3.32. The highest BCUT2D eigenvalue weighted by molar-refractivity contribution is 7.16. The van der Waals surface area contributed by atoms with E-state index in [9.17, 15) is 0 Å². The zero-order valence-corrected chi connectivity index (χ0v) is 10.2. The predicted molar refractivity (Wildman–Crippen MR) is 74.9 cm³/mol. The first-order chi connectivity index (χ1) is 8.85. The van der Waals surface area contributed by atoms with Gasteiger partial charge in [0, 0.05) is 23.6 Å². The maximum Gasteiger partial charge on any atom is 0.141 e. The van der Waals surface area contributed by atoms with Gasteiger partial charge in [-0.05, 0) is 24.3 Å². The van der Waals surface area contributed by atoms with Crippen LogP contribution in [0, 0.1) is 0 Å². The number of pyridine rings is 1. The second-order valence-electron chi connectivity index (χ2n) is 3.73. The van der Waals surface area contributed by atoms with Crippen LogP contribution >= 0.6 is 11.3 Å². The number of nitrogen functional groups attached to an aromatic ring is 1. The van der Waals surface area contributed by atoms with Crippen molar-refractivity contribution in [3.8, 4) is 0 Å². The smallest absolute Gasteiger partial charge is 0.141 e. The summed E-state index contributed by atoms with van der Waals surface area (Å²) in [5.41, 5.74) is 7.33. The molecule has 0 atom stereocenters. The van der Waals surface area contributed by atoms with Crippen LogP contribution in [0.25, 0.3) is 10.2 Å². The molecule has 0 aliphatic carbocycles. The van der Waals surface area contributed by atoms with Crippen LogP contribution in [0.15, 0.2) is 42.0 Å². The third kappa shape index (κ3) is 2.11. The van der Waals surface area contributed by atoms with Gasteiger partial charge in [0.25, 0.3) is 0 Å². The number of nitrogens with zero attached hydrogens (tertiary/aromatic N) is 2. The molecule has 0 fully saturated rings. The molecule has 4 N–H and O–H groups in total. The summed E-state index contributed by atoms with van der Waals surface area (Å²) in [5, 5.41) is 3.30. The van der Waals surface area contributed by atoms with E-state index >= 15 is 0 Å². The molecule has 0 unspecified atom stereocenters. The molecule has 2 aromatic heterocycles. The van der Waals surface area contributed by atoms with Gasteiger partial charge in [-0.25, -0.2) is 15.8 Å². The average Bonchev–Trinajstić information content (AvgIpc) is 2.86. The highest BCUT2D eigenvalue weighted by atomic mass is 32.1. The summed E-state index contributed by atoms with van der Waals surface area (Å²) in [6, 6.07) is 9.80. The number of fused-ring (bicyclic) bond motifs is 1. The van der Waals surface area contributed by atoms with Crippen LogP contribution in [-0.4, -0.2) is 9.97 Å². The van der Waals surface area contributed by atoms with Gasteiger partial charge in [0.1, 0.15) is 5.82 Å². The molecule has 0 aliphatic rings. The molecule has 3 aromatic rings. The zero-order valence-electron chi connectivity index (χ0n) is 9.42. The normalized spacial score (nSPS) is 10.5. The Hall–Kier alpha value is -2.18. The Morgan fingerprint density at radius 1 is 1.06 bits per heavy atom. The second-order valence-corrected chi connectivity index (χ2v) is 4.62. The molecule has 0 saturated carbocycles. The SMILES string of the molecule is NNc1cc(Nc2ccc3ncsc3c2)ccn1. The minimum absolute atomic E-state index is 0.624. The number of nitrogens with one attached hydrogen (secondary N) is 2. The van der Waals surface area contributed by atoms with E-state index < -0.39 is 0 Å². The molecule has 5 nitrogen and oxygen atoms in total. The molecular formula is C12H11N5S. The number of rotatable bonds is 3. The lowest BCUT2D eigenvalue weighted by molar-refractivity contribution is 1.23. The first-order valence-electron chi connectivity index (χ1n) is 5.38. The van der Waals surface area contributed by atoms with E-state index in [-0.39, 0.29) is 0 Å². The van der Waals surface area contributed by atoms with Crippen molar-refractivity contribution >= 4 is 38.7 Å². The van der Waals surface area contributed by atoms with Crippen LogP contribution < -0.4 is 16.6 Å². The number of thiazole rings is 1. The van der Waals surface area contributed by atoms with Gasteiger partial charge in [-0.1, -0.05) is 0 Å². The van der Waals surface area contributed by atoms with Crippen molar-refractivity contribution < 1.29 is 0 Å². The number of hydrogen-bond donors (Lipinski definition) is 3. The summed E-state index contributed by atoms with van der Waals surface area (Å²) in [6.07, 6.45) is 1.70. The molecule has 90 valence electrons. The molecule has 18 heavy (non-hydrogen) atoms. The number of hydrazine groups is 1. The topological polar surface area (TPSA) is 75.9 Å². The van der Waals surface area contributed by atoms with E-state index in [0.717, 1.165) is 21.6 Å². The summed E-state index contributed by atoms with van der Waals surface area (Å²) in [5.74, 6) is 5.95. The summed E-state index contributed by atoms with van der Waals surface area (Å²) in [7, 11) is 0. The van der Waals surface area contributed by atoms with Gasteiger partial charge in [0.05, 0.1) is 15.7 Å². The van der Waals surface area contributed by atoms with Crippen molar-refractivity contribution in [3.05, 3.63) is 42.0 Å². The van der Waals surface area contributed by atoms with Gasteiger partial charge in [-0.15, -0.1) is 11.3 Å². The highest BCUT2D eigenvalue weighted by Gasteiger charge is 2.00. The predicted octanol–water partition coefficient (Wildman–Crippen LogP) is 2.72. The summed E-state index contributed by atoms with van der Waals surface area (Å²) < 4.78 is 1.16. The van der Waals surface area contributed by atoms with Crippen LogP contribution in [0.1, 0.15) is 0 Å². The van der Waals surface area contributed by atoms with E-state index in [4.69, 9.17) is 5.84 Å². The van der Waals surface area contributed by atoms with Crippen LogP contribution in [0.3, 0.4) is 0 Å². The Morgan fingerprint density at radius 2 is 1.94 bits per heavy atom. The molecule has 6 heteroatoms. The van der Waals surface area contributed by atoms with E-state index in [0.29, 0.717) is 5.82 Å². The number of anilines is 3. The van der Waals surface area contributed by atoms with Crippen LogP contribution in [0.5, 0.6) is 0 Å². The van der Waals surface area contributed by atoms with Crippen molar-refractivity contribution in [3.63, 3.8) is 0 Å². The first kappa shape index (κ1) is 10.9. The lowest BCUT2D eigenvalue weighted by atomic mass is 10.3. The number of aromatic nitrogens is 2. The standard InChI is InChI=1S/C12H11N5S/c13-17-12-6-9(3-4-14-12)16-8-1-2-10-11(5-8)18-7-15-10/h1-7H,13H2,(H2,14,16,17). The molecule has 0 amide bonds. The van der Waals surface area contributed by atoms with Gasteiger partial charge < -0.3 is 10.7 Å². The highest BCUT2D eigenvalue weighted by Crippen LogP contribution is 2.24. The van der Waals surface area contributed by atoms with E-state index in [1.807, 2.05) is 29.8 Å². The lowest BCUT2D eigenvalue weighted by Gasteiger charge is -2.07. The van der Waals surface area contributed by atoms with Crippen LogP contribution in [0.4, 0.5) is 17.2 Å². The fourth-order valence-electron chi connectivity index (χ4n) is 1.69. The fraction of sp³-hybridized carbons (Fsp3) is 0. The van der Waals surface area contributed by atoms with Crippen molar-refractivity contribution in [2.75, 3.05) is 10.7 Å². The molecule has 3 rings (SSSR count). The summed E-state index contributed by atoms with van der Waals surface area (Å²) in [4.78, 5) is 8.31. The van der Waals surface area contributed by atoms with Crippen molar-refractivity contribution in [1.29, 1.82) is 0 Å². The van der Waals surface area contributed by atoms with Gasteiger partial charge in [-0.2, -0.15) is 0 Å². The fourth-order valence-corrected chi connectivity index (χ4v) is 2.40. The largest absolute Gasteiger partial charge is 0.355 e. The van der Waals surface area contributed by atoms with Gasteiger partial charge in [0.15, 0.2) is 0 Å². The van der Waals surface area contributed by atoms with E-state index in [1.54, 1.807) is 17.5 Å². The molecule has 0 bridgehead atoms. The van der Waals surface area contributed by atoms with Gasteiger partial charge in [0.2, 0.25) is 0 Å². The van der Waals surface area contributed by atoms with Gasteiger partial charge >= 0.3 is 0 Å². The van der Waals surface area contributed by atoms with Crippen molar-refractivity contribution in [2.24, 2.45) is 5.84 Å². The second kappa shape index (κ2) is 4.59. The lowest BCUT2D eigenvalue weighted by Crippen LogP contribution is -2.08. The van der Waals surface area contributed by atoms with Crippen molar-refractivity contribution in [2.45, 2.75) is 0 Å². The van der Waals surface area contributed by atoms with Crippen molar-refractivity contribution in [1.82, 2.24) is 9.97 Å². The molecular weight excluding hydrogens is 246 g/mol. The molecule has 0 spiro atoms. The van der Waals surface area contributed by atoms with E-state index in [1.165, 1.54) is 0 Å². The Bertz CT molecular complexity index is 679. The number of nitrogens with two attached hydrogens (primary N) is 1. The molecule has 2 heterocycles. The Labute approximate surface area is 108 Å². The maximum atomic E-state index is 5.33. The van der Waals surface area contributed by atoms with Crippen LogP contribution in [0.2, 0.25) is 0 Å². The van der Waals surface area contributed by atoms with Crippen LogP contribution in [-0.2, 0) is 0 Å². The quantitative estimate of drug-likeness (QED) is 0.497. The average molecular weight is 257 g/mol. The Balaban J connectivity index is 1.90. The monoisotopic (exact) mass is 257 g/mol. The van der Waals surface area contributed by atoms with Gasteiger partial charge in [-0.3, -0.25) is 0 Å². The number of hydrogen-bond acceptors (Lipinski definition) is 6. The Morgan fingerprint density at radius 3 is 2.83 bits per heavy atom. The minimum Gasteiger partial charge on any atom is -0.355 e. The molecule has 0 radical (unpaired) electrons. The van der Waals surface area contributed by atoms with E-state index in [2.05, 4.69) is 26.8 Å². The third-order valence-electron chi connectivity index (χ3n) is 2.53. The Kier molecular flexibility index (Phi) is 2.79. The molecule has 0 aliphatic heterocycles. The zero-order chi connectivity index (χ0) is 12.4. The molecule has 1 aromatic carbocycles. The summed E-state index contributed by atoms with van der Waals surface area (Å²) in [6.45, 7) is 0. The molecule has 0 saturated heterocycles. The summed E-state index contributed by atoms with van der Waals surface area (Å²) >= 11 is 1.62. The maximum absolute atomic E-state index is 5.33.